The molecule has 0 bridgehead atoms. The summed E-state index contributed by atoms with van der Waals surface area (Å²) in [7, 11) is 0. The summed E-state index contributed by atoms with van der Waals surface area (Å²) >= 11 is 0. The summed E-state index contributed by atoms with van der Waals surface area (Å²) in [5.74, 6) is 1.47. The van der Waals surface area contributed by atoms with E-state index in [2.05, 4.69) is 64.2 Å². The topological polar surface area (TPSA) is 0 Å². The molecule has 2 atom stereocenters. The van der Waals surface area contributed by atoms with Crippen LogP contribution in [0.3, 0.4) is 0 Å². The van der Waals surface area contributed by atoms with E-state index in [-0.39, 0.29) is 35.6 Å². The summed E-state index contributed by atoms with van der Waals surface area (Å²) < 4.78 is 0. The molecule has 0 aromatic carbocycles. The molecule has 2 aliphatic rings. The summed E-state index contributed by atoms with van der Waals surface area (Å²) in [6, 6.07) is 0. The quantitative estimate of drug-likeness (QED) is 0.582. The number of rotatable bonds is 4. The van der Waals surface area contributed by atoms with Crippen molar-refractivity contribution in [2.24, 2.45) is 11.8 Å². The van der Waals surface area contributed by atoms with Crippen molar-refractivity contribution in [1.29, 1.82) is 0 Å². The molecule has 0 amide bonds. The third-order valence-corrected chi connectivity index (χ3v) is 3.81. The Kier molecular flexibility index (Phi) is 17.9. The van der Waals surface area contributed by atoms with Gasteiger partial charge in [-0.1, -0.05) is 52.4 Å². The maximum atomic E-state index is 3.17. The number of hydrogen-bond acceptors (Lipinski definition) is 0. The van der Waals surface area contributed by atoms with Gasteiger partial charge in [0.05, 0.1) is 0 Å². The molecule has 0 aromatic heterocycles. The average molecular weight is 372 g/mol. The van der Waals surface area contributed by atoms with Gasteiger partial charge in [0.25, 0.3) is 0 Å². The summed E-state index contributed by atoms with van der Waals surface area (Å²) in [4.78, 5) is 0. The Hall–Kier alpha value is -0.297. The van der Waals surface area contributed by atoms with Crippen molar-refractivity contribution >= 4 is 0 Å². The van der Waals surface area contributed by atoms with Crippen LogP contribution in [0.1, 0.15) is 53.4 Å². The molecule has 3 heteroatoms. The maximum absolute atomic E-state index is 3.17. The van der Waals surface area contributed by atoms with E-state index < -0.39 is 0 Å². The number of hydrogen-bond donors (Lipinski definition) is 0. The van der Waals surface area contributed by atoms with Crippen molar-refractivity contribution in [2.45, 2.75) is 53.4 Å². The summed E-state index contributed by atoms with van der Waals surface area (Å²) in [5, 5.41) is 0. The third kappa shape index (κ3) is 9.35. The van der Waals surface area contributed by atoms with Crippen LogP contribution in [0.5, 0.6) is 0 Å². The smallest absolute Gasteiger partial charge is 1.00 e. The van der Waals surface area contributed by atoms with E-state index in [9.17, 15) is 0 Å². The van der Waals surface area contributed by atoms with Gasteiger partial charge >= 0.3 is 26.2 Å². The van der Waals surface area contributed by atoms with Crippen LogP contribution in [-0.4, -0.2) is 0 Å². The van der Waals surface area contributed by atoms with Crippen LogP contribution in [-0.2, 0) is 26.2 Å². The molecule has 0 aliphatic heterocycles. The van der Waals surface area contributed by atoms with Crippen molar-refractivity contribution in [3.8, 4) is 0 Å². The Morgan fingerprint density at radius 1 is 0.857 bits per heavy atom. The van der Waals surface area contributed by atoms with E-state index in [0.29, 0.717) is 0 Å². The van der Waals surface area contributed by atoms with Crippen LogP contribution in [0, 0.1) is 24.0 Å². The summed E-state index contributed by atoms with van der Waals surface area (Å²) in [6.07, 6.45) is 19.6. The first-order valence-electron chi connectivity index (χ1n) is 7.22. The minimum Gasteiger partial charge on any atom is -1.00 e. The molecule has 0 saturated heterocycles. The molecule has 0 N–H and O–H groups in total. The molecule has 0 fully saturated rings. The van der Waals surface area contributed by atoms with Gasteiger partial charge in [-0.3, -0.25) is 12.2 Å². The molecule has 21 heavy (non-hydrogen) atoms. The van der Waals surface area contributed by atoms with E-state index in [0.717, 1.165) is 24.7 Å². The molecule has 0 heterocycles. The number of allylic oxidation sites excluding steroid dienone is 8. The van der Waals surface area contributed by atoms with Crippen molar-refractivity contribution in [3.05, 3.63) is 47.6 Å². The van der Waals surface area contributed by atoms with Crippen molar-refractivity contribution in [3.63, 3.8) is 0 Å². The van der Waals surface area contributed by atoms with Gasteiger partial charge in [0, 0.05) is 0 Å². The zero-order valence-corrected chi connectivity index (χ0v) is 16.0. The van der Waals surface area contributed by atoms with Crippen LogP contribution in [0.25, 0.3) is 0 Å². The van der Waals surface area contributed by atoms with Gasteiger partial charge in [-0.05, 0) is 0 Å². The summed E-state index contributed by atoms with van der Waals surface area (Å²) in [6.45, 7) is 8.96. The van der Waals surface area contributed by atoms with Crippen LogP contribution in [0.4, 0.5) is 0 Å². The Balaban J connectivity index is -0.000000270. The van der Waals surface area contributed by atoms with Crippen molar-refractivity contribution in [2.75, 3.05) is 0 Å². The van der Waals surface area contributed by atoms with E-state index >= 15 is 0 Å². The second-order valence-corrected chi connectivity index (χ2v) is 5.13. The molecule has 0 nitrogen and oxygen atoms in total. The Morgan fingerprint density at radius 2 is 1.19 bits per heavy atom. The minimum absolute atomic E-state index is 0. The zero-order chi connectivity index (χ0) is 13.4. The van der Waals surface area contributed by atoms with Crippen LogP contribution in [0.15, 0.2) is 35.5 Å². The zero-order valence-electron chi connectivity index (χ0n) is 13.5. The van der Waals surface area contributed by atoms with Gasteiger partial charge in [0.2, 0.25) is 0 Å². The maximum Gasteiger partial charge on any atom is 2.00 e. The fourth-order valence-corrected chi connectivity index (χ4v) is 1.98. The van der Waals surface area contributed by atoms with E-state index in [4.69, 9.17) is 0 Å². The van der Waals surface area contributed by atoms with Gasteiger partial charge in [-0.2, -0.15) is 23.3 Å². The first kappa shape index (κ1) is 25.6. The second-order valence-electron chi connectivity index (χ2n) is 5.13. The molecular weight excluding hydrogens is 345 g/mol. The van der Waals surface area contributed by atoms with Gasteiger partial charge in [-0.25, -0.2) is 12.2 Å². The minimum atomic E-state index is 0. The first-order chi connectivity index (χ1) is 8.69. The van der Waals surface area contributed by atoms with E-state index in [1.165, 1.54) is 24.0 Å². The Morgan fingerprint density at radius 3 is 1.38 bits per heavy atom. The van der Waals surface area contributed by atoms with Crippen LogP contribution in [0.2, 0.25) is 0 Å². The fraction of sp³-hybridized carbons (Fsp3) is 0.556. The molecule has 0 spiro atoms. The van der Waals surface area contributed by atoms with Crippen molar-refractivity contribution < 1.29 is 35.6 Å². The fourth-order valence-electron chi connectivity index (χ4n) is 1.98. The standard InChI is InChI=1S/2C9H13.2FH.Zr/c2*1-3-8(2)9-6-4-5-7-9;;;/h2*6-8H,3-4H2,1-2H3;2*1H;/q2*-1;;;+2/p-2. The van der Waals surface area contributed by atoms with Gasteiger partial charge in [0.1, 0.15) is 0 Å². The molecule has 0 radical (unpaired) electrons. The normalized spacial score (nSPS) is 17.1. The molecule has 0 aromatic rings. The van der Waals surface area contributed by atoms with Crippen molar-refractivity contribution in [1.82, 2.24) is 0 Å². The molecule has 0 saturated carbocycles. The molecule has 2 aliphatic carbocycles. The first-order valence-corrected chi connectivity index (χ1v) is 7.22. The third-order valence-electron chi connectivity index (χ3n) is 3.81. The average Bonchev–Trinajstić information content (AvgIpc) is 3.09. The molecule has 2 rings (SSSR count). The SMILES string of the molecule is CCC(C)C1=CC[C-]=C1.CCC(C)C1=CC[C-]=C1.[F-].[F-].[Zr+2]. The molecular formula is C18H26F2Zr-2. The van der Waals surface area contributed by atoms with E-state index in [1.54, 1.807) is 0 Å². The van der Waals surface area contributed by atoms with Gasteiger partial charge < -0.3 is 9.41 Å². The number of halogens is 2. The molecule has 2 unspecified atom stereocenters. The Labute approximate surface area is 148 Å². The summed E-state index contributed by atoms with van der Waals surface area (Å²) in [5.41, 5.74) is 2.94. The van der Waals surface area contributed by atoms with Crippen LogP contribution < -0.4 is 9.41 Å². The van der Waals surface area contributed by atoms with Crippen LogP contribution >= 0.6 is 0 Å². The Bertz CT molecular complexity index is 331. The van der Waals surface area contributed by atoms with Gasteiger partial charge in [0.15, 0.2) is 0 Å². The second kappa shape index (κ2) is 14.6. The van der Waals surface area contributed by atoms with E-state index in [1.807, 2.05) is 0 Å². The molecule has 118 valence electrons. The van der Waals surface area contributed by atoms with Gasteiger partial charge in [-0.15, -0.1) is 12.8 Å². The predicted octanol–water partition coefficient (Wildman–Crippen LogP) is -0.551. The largest absolute Gasteiger partial charge is 2.00 e. The predicted molar refractivity (Wildman–Crippen MR) is 79.9 cm³/mol. The monoisotopic (exact) mass is 370 g/mol.